The van der Waals surface area contributed by atoms with Crippen LogP contribution >= 0.6 is 0 Å². The first-order valence-corrected chi connectivity index (χ1v) is 11.7. The number of fused-ring (bicyclic) bond motifs is 2. The number of benzene rings is 1. The van der Waals surface area contributed by atoms with E-state index in [2.05, 4.69) is 54.1 Å². The van der Waals surface area contributed by atoms with E-state index < -0.39 is 0 Å². The fourth-order valence-electron chi connectivity index (χ4n) is 6.34. The minimum Gasteiger partial charge on any atom is -0.264 e. The highest BCUT2D eigenvalue weighted by atomic mass is 14.6. The molecule has 0 aliphatic heterocycles. The zero-order valence-electron chi connectivity index (χ0n) is 17.5. The van der Waals surface area contributed by atoms with E-state index >= 15 is 0 Å². The lowest BCUT2D eigenvalue weighted by molar-refractivity contribution is 0.258. The second-order valence-electron chi connectivity index (χ2n) is 9.42. The lowest BCUT2D eigenvalue weighted by Crippen LogP contribution is -2.20. The molecule has 0 bridgehead atoms. The minimum absolute atomic E-state index is 0.616. The highest BCUT2D eigenvalue weighted by Crippen LogP contribution is 2.48. The van der Waals surface area contributed by atoms with Crippen LogP contribution in [0.25, 0.3) is 16.3 Å². The molecule has 1 aromatic carbocycles. The molecule has 5 rings (SSSR count). The maximum Gasteiger partial charge on any atom is 0.0346 e. The van der Waals surface area contributed by atoms with Crippen molar-refractivity contribution in [1.82, 2.24) is 4.98 Å². The Balaban J connectivity index is 1.39. The van der Waals surface area contributed by atoms with E-state index in [1.165, 1.54) is 67.7 Å². The van der Waals surface area contributed by atoms with E-state index in [-0.39, 0.29) is 0 Å². The third-order valence-corrected chi connectivity index (χ3v) is 7.89. The predicted octanol–water partition coefficient (Wildman–Crippen LogP) is 7.75. The maximum atomic E-state index is 4.33. The van der Waals surface area contributed by atoms with Gasteiger partial charge in [0.25, 0.3) is 0 Å². The molecule has 4 unspecified atom stereocenters. The Morgan fingerprint density at radius 3 is 2.90 bits per heavy atom. The fourth-order valence-corrected chi connectivity index (χ4v) is 6.34. The molecule has 1 aromatic heterocycles. The molecule has 1 saturated carbocycles. The van der Waals surface area contributed by atoms with E-state index in [1.807, 2.05) is 12.4 Å². The van der Waals surface area contributed by atoms with Gasteiger partial charge in [0.05, 0.1) is 0 Å². The molecular weight excluding hydrogens is 350 g/mol. The quantitative estimate of drug-likeness (QED) is 0.492. The van der Waals surface area contributed by atoms with Crippen molar-refractivity contribution in [3.8, 4) is 0 Å². The van der Waals surface area contributed by atoms with Crippen LogP contribution in [0.1, 0.15) is 63.4 Å². The number of rotatable bonds is 4. The van der Waals surface area contributed by atoms with Gasteiger partial charge in [-0.15, -0.1) is 6.58 Å². The SMILES string of the molecule is C=CCC1C(c2ccc3ccncc3c2)=CCC1C1CC=C2CCCCC2CC1. The standard InChI is InChI=1S/C28H33N/c1-2-5-28-26(23-11-8-20-6-3-4-7-21(20)9-12-23)14-15-27(28)24-13-10-22-16-17-29-19-25(22)18-24/h2,8,10,13,15-19,21,23,26,28H,1,3-7,9,11-12,14H2. The van der Waals surface area contributed by atoms with Crippen molar-refractivity contribution < 1.29 is 0 Å². The molecule has 0 spiro atoms. The summed E-state index contributed by atoms with van der Waals surface area (Å²) >= 11 is 0. The average Bonchev–Trinajstić information content (AvgIpc) is 3.05. The van der Waals surface area contributed by atoms with Crippen molar-refractivity contribution in [2.75, 3.05) is 0 Å². The maximum absolute atomic E-state index is 4.33. The van der Waals surface area contributed by atoms with Crippen LogP contribution in [0.4, 0.5) is 0 Å². The zero-order valence-corrected chi connectivity index (χ0v) is 17.5. The zero-order chi connectivity index (χ0) is 19.6. The smallest absolute Gasteiger partial charge is 0.0346 e. The largest absolute Gasteiger partial charge is 0.264 e. The summed E-state index contributed by atoms with van der Waals surface area (Å²) in [7, 11) is 0. The number of aromatic nitrogens is 1. The number of allylic oxidation sites excluding steroid dienone is 5. The molecule has 0 saturated heterocycles. The van der Waals surface area contributed by atoms with Gasteiger partial charge in [0.1, 0.15) is 0 Å². The third kappa shape index (κ3) is 3.72. The van der Waals surface area contributed by atoms with E-state index in [9.17, 15) is 0 Å². The van der Waals surface area contributed by atoms with Crippen molar-refractivity contribution in [3.05, 3.63) is 72.6 Å². The summed E-state index contributed by atoms with van der Waals surface area (Å²) in [6, 6.07) is 9.02. The van der Waals surface area contributed by atoms with Gasteiger partial charge in [0.2, 0.25) is 0 Å². The highest BCUT2D eigenvalue weighted by Gasteiger charge is 2.36. The first-order chi connectivity index (χ1) is 14.3. The Kier molecular flexibility index (Phi) is 5.40. The molecule has 2 aromatic rings. The Bertz CT molecular complexity index is 950. The van der Waals surface area contributed by atoms with E-state index in [0.717, 1.165) is 24.2 Å². The fraction of sp³-hybridized carbons (Fsp3) is 0.464. The molecule has 0 radical (unpaired) electrons. The monoisotopic (exact) mass is 383 g/mol. The van der Waals surface area contributed by atoms with Crippen LogP contribution in [0.5, 0.6) is 0 Å². The predicted molar refractivity (Wildman–Crippen MR) is 124 cm³/mol. The number of hydrogen-bond acceptors (Lipinski definition) is 1. The molecule has 4 atom stereocenters. The first-order valence-electron chi connectivity index (χ1n) is 11.7. The lowest BCUT2D eigenvalue weighted by Gasteiger charge is -2.30. The second kappa shape index (κ2) is 8.30. The molecule has 1 heterocycles. The molecule has 3 aliphatic carbocycles. The average molecular weight is 384 g/mol. The number of nitrogens with zero attached hydrogens (tertiary/aromatic N) is 1. The van der Waals surface area contributed by atoms with Crippen LogP contribution in [0.3, 0.4) is 0 Å². The Hall–Kier alpha value is -2.15. The van der Waals surface area contributed by atoms with Crippen LogP contribution in [0, 0.1) is 23.7 Å². The van der Waals surface area contributed by atoms with Crippen molar-refractivity contribution >= 4 is 16.3 Å². The van der Waals surface area contributed by atoms with Crippen LogP contribution in [-0.4, -0.2) is 4.98 Å². The van der Waals surface area contributed by atoms with Gasteiger partial charge in [-0.1, -0.05) is 42.4 Å². The Morgan fingerprint density at radius 1 is 1.00 bits per heavy atom. The van der Waals surface area contributed by atoms with E-state index in [4.69, 9.17) is 0 Å². The molecule has 150 valence electrons. The summed E-state index contributed by atoms with van der Waals surface area (Å²) < 4.78 is 0. The van der Waals surface area contributed by atoms with Gasteiger partial charge in [-0.2, -0.15) is 0 Å². The van der Waals surface area contributed by atoms with Gasteiger partial charge in [-0.3, -0.25) is 4.98 Å². The molecule has 1 heteroatoms. The van der Waals surface area contributed by atoms with Gasteiger partial charge >= 0.3 is 0 Å². The van der Waals surface area contributed by atoms with Gasteiger partial charge in [-0.25, -0.2) is 0 Å². The van der Waals surface area contributed by atoms with Crippen molar-refractivity contribution in [2.24, 2.45) is 23.7 Å². The first kappa shape index (κ1) is 18.9. The summed E-state index contributed by atoms with van der Waals surface area (Å²) in [6.07, 6.45) is 23.3. The summed E-state index contributed by atoms with van der Waals surface area (Å²) in [5.41, 5.74) is 4.74. The molecule has 0 N–H and O–H groups in total. The normalized spacial score (nSPS) is 29.7. The molecule has 0 amide bonds. The number of pyridine rings is 1. The van der Waals surface area contributed by atoms with Crippen LogP contribution < -0.4 is 0 Å². The minimum atomic E-state index is 0.616. The highest BCUT2D eigenvalue weighted by molar-refractivity contribution is 5.86. The van der Waals surface area contributed by atoms with E-state index in [0.29, 0.717) is 5.92 Å². The van der Waals surface area contributed by atoms with Crippen molar-refractivity contribution in [1.29, 1.82) is 0 Å². The molecule has 1 fully saturated rings. The van der Waals surface area contributed by atoms with Gasteiger partial charge in [-0.05, 0) is 104 Å². The van der Waals surface area contributed by atoms with Crippen molar-refractivity contribution in [3.63, 3.8) is 0 Å². The second-order valence-corrected chi connectivity index (χ2v) is 9.42. The van der Waals surface area contributed by atoms with Crippen LogP contribution in [0.2, 0.25) is 0 Å². The Morgan fingerprint density at radius 2 is 1.97 bits per heavy atom. The molecular formula is C28H33N. The van der Waals surface area contributed by atoms with Gasteiger partial charge in [0.15, 0.2) is 0 Å². The molecule has 29 heavy (non-hydrogen) atoms. The summed E-state index contributed by atoms with van der Waals surface area (Å²) in [6.45, 7) is 4.11. The summed E-state index contributed by atoms with van der Waals surface area (Å²) in [5, 5.41) is 2.52. The lowest BCUT2D eigenvalue weighted by atomic mass is 9.75. The topological polar surface area (TPSA) is 12.9 Å². The summed E-state index contributed by atoms with van der Waals surface area (Å²) in [4.78, 5) is 4.33. The van der Waals surface area contributed by atoms with E-state index in [1.54, 1.807) is 11.1 Å². The molecule has 3 aliphatic rings. The van der Waals surface area contributed by atoms with Crippen molar-refractivity contribution in [2.45, 2.75) is 57.8 Å². The Labute approximate surface area is 175 Å². The molecule has 1 nitrogen and oxygen atoms in total. The van der Waals surface area contributed by atoms with Gasteiger partial charge < -0.3 is 0 Å². The van der Waals surface area contributed by atoms with Crippen LogP contribution in [-0.2, 0) is 0 Å². The van der Waals surface area contributed by atoms with Gasteiger partial charge in [0, 0.05) is 17.8 Å². The summed E-state index contributed by atoms with van der Waals surface area (Å²) in [5.74, 6) is 3.11. The number of hydrogen-bond donors (Lipinski definition) is 0. The third-order valence-electron chi connectivity index (χ3n) is 7.89. The van der Waals surface area contributed by atoms with Crippen LogP contribution in [0.15, 0.2) is 67.0 Å².